The van der Waals surface area contributed by atoms with Crippen molar-refractivity contribution in [1.29, 1.82) is 5.26 Å². The van der Waals surface area contributed by atoms with Gasteiger partial charge in [-0.3, -0.25) is 24.3 Å². The number of para-hydroxylation sites is 1. The van der Waals surface area contributed by atoms with E-state index in [1.54, 1.807) is 30.0 Å². The van der Waals surface area contributed by atoms with E-state index in [2.05, 4.69) is 16.4 Å². The maximum Gasteiger partial charge on any atom is 0.407 e. The van der Waals surface area contributed by atoms with E-state index in [1.165, 1.54) is 25.8 Å². The maximum absolute atomic E-state index is 14.5. The second-order valence-electron chi connectivity index (χ2n) is 10.9. The van der Waals surface area contributed by atoms with E-state index >= 15 is 0 Å². The summed E-state index contributed by atoms with van der Waals surface area (Å²) in [6.45, 7) is 4.58. The van der Waals surface area contributed by atoms with Crippen molar-refractivity contribution in [2.45, 2.75) is 64.2 Å². The van der Waals surface area contributed by atoms with Gasteiger partial charge in [0, 0.05) is 25.6 Å². The number of fused-ring (bicyclic) bond motifs is 2. The molecule has 0 radical (unpaired) electrons. The summed E-state index contributed by atoms with van der Waals surface area (Å²) in [7, 11) is 1.27. The SMILES string of the molecule is CC(=O)N1c2cc(C#N)ccc2N(Cc2c(C3CC3)cnc3ccccc23)C(=O)[C@@H](NC(=O)[C@H](C)N(C)C(=O)O)[C@@H]1C. The van der Waals surface area contributed by atoms with Gasteiger partial charge in [-0.25, -0.2) is 4.79 Å². The number of aromatic nitrogens is 1. The lowest BCUT2D eigenvalue weighted by atomic mass is 9.99. The van der Waals surface area contributed by atoms with Crippen molar-refractivity contribution in [2.75, 3.05) is 16.8 Å². The molecule has 42 heavy (non-hydrogen) atoms. The quantitative estimate of drug-likeness (QED) is 0.460. The van der Waals surface area contributed by atoms with Gasteiger partial charge in [-0.1, -0.05) is 18.2 Å². The topological polar surface area (TPSA) is 147 Å². The largest absolute Gasteiger partial charge is 0.465 e. The van der Waals surface area contributed by atoms with Gasteiger partial charge in [-0.05, 0) is 68.0 Å². The third kappa shape index (κ3) is 5.11. The van der Waals surface area contributed by atoms with Crippen LogP contribution >= 0.6 is 0 Å². The Labute approximate surface area is 243 Å². The molecule has 0 unspecified atom stereocenters. The van der Waals surface area contributed by atoms with Crippen LogP contribution in [-0.4, -0.2) is 64.0 Å². The molecule has 0 saturated heterocycles. The Bertz CT molecular complexity index is 1640. The van der Waals surface area contributed by atoms with Gasteiger partial charge in [0.15, 0.2) is 0 Å². The number of hydrogen-bond donors (Lipinski definition) is 2. The number of nitriles is 1. The molecule has 11 nitrogen and oxygen atoms in total. The van der Waals surface area contributed by atoms with E-state index in [4.69, 9.17) is 0 Å². The molecule has 5 rings (SSSR count). The molecule has 1 aromatic heterocycles. The van der Waals surface area contributed by atoms with Crippen LogP contribution < -0.4 is 15.1 Å². The third-order valence-corrected chi connectivity index (χ3v) is 8.23. The zero-order chi connectivity index (χ0) is 30.3. The molecule has 3 atom stereocenters. The highest BCUT2D eigenvalue weighted by Gasteiger charge is 2.43. The fourth-order valence-electron chi connectivity index (χ4n) is 5.59. The molecule has 2 heterocycles. The van der Waals surface area contributed by atoms with Crippen molar-refractivity contribution in [3.63, 3.8) is 0 Å². The van der Waals surface area contributed by atoms with Crippen LogP contribution in [0.4, 0.5) is 16.2 Å². The number of pyridine rings is 1. The Kier molecular flexibility index (Phi) is 7.56. The molecule has 1 aliphatic carbocycles. The third-order valence-electron chi connectivity index (χ3n) is 8.23. The normalized spacial score (nSPS) is 19.0. The smallest absolute Gasteiger partial charge is 0.407 e. The summed E-state index contributed by atoms with van der Waals surface area (Å²) in [6.07, 6.45) is 2.61. The highest BCUT2D eigenvalue weighted by Crippen LogP contribution is 2.44. The van der Waals surface area contributed by atoms with Crippen molar-refractivity contribution in [3.8, 4) is 6.07 Å². The van der Waals surface area contributed by atoms with E-state index in [-0.39, 0.29) is 12.5 Å². The van der Waals surface area contributed by atoms with E-state index < -0.39 is 36.0 Å². The summed E-state index contributed by atoms with van der Waals surface area (Å²) in [5, 5.41) is 22.7. The number of carbonyl (C=O) groups is 4. The zero-order valence-corrected chi connectivity index (χ0v) is 23.9. The highest BCUT2D eigenvalue weighted by atomic mass is 16.4. The molecule has 2 aliphatic rings. The monoisotopic (exact) mass is 568 g/mol. The number of benzene rings is 2. The Morgan fingerprint density at radius 3 is 2.55 bits per heavy atom. The summed E-state index contributed by atoms with van der Waals surface area (Å²) in [4.78, 5) is 60.8. The molecule has 216 valence electrons. The number of carbonyl (C=O) groups excluding carboxylic acids is 3. The number of nitrogens with one attached hydrogen (secondary N) is 1. The lowest BCUT2D eigenvalue weighted by Crippen LogP contribution is -2.60. The predicted molar refractivity (Wildman–Crippen MR) is 156 cm³/mol. The van der Waals surface area contributed by atoms with Gasteiger partial charge in [0.1, 0.15) is 12.1 Å². The average molecular weight is 569 g/mol. The van der Waals surface area contributed by atoms with E-state index in [0.29, 0.717) is 22.9 Å². The zero-order valence-electron chi connectivity index (χ0n) is 23.9. The molecule has 3 aromatic rings. The number of carboxylic acid groups (broad SMARTS) is 1. The van der Waals surface area contributed by atoms with Crippen LogP contribution in [0.2, 0.25) is 0 Å². The number of hydrogen-bond acceptors (Lipinski definition) is 6. The van der Waals surface area contributed by atoms with Crippen LogP contribution in [-0.2, 0) is 20.9 Å². The number of anilines is 2. The van der Waals surface area contributed by atoms with Gasteiger partial charge in [0.25, 0.3) is 5.91 Å². The minimum Gasteiger partial charge on any atom is -0.465 e. The fraction of sp³-hybridized carbons (Fsp3) is 0.355. The van der Waals surface area contributed by atoms with Gasteiger partial charge in [0.2, 0.25) is 11.8 Å². The summed E-state index contributed by atoms with van der Waals surface area (Å²) in [5.74, 6) is -1.18. The lowest BCUT2D eigenvalue weighted by molar-refractivity contribution is -0.130. The lowest BCUT2D eigenvalue weighted by Gasteiger charge is -2.32. The van der Waals surface area contributed by atoms with Crippen molar-refractivity contribution in [2.24, 2.45) is 0 Å². The Hall–Kier alpha value is -4.98. The molecule has 1 fully saturated rings. The van der Waals surface area contributed by atoms with Crippen molar-refractivity contribution in [3.05, 3.63) is 65.4 Å². The molecule has 2 aromatic carbocycles. The second kappa shape index (κ2) is 11.1. The first kappa shape index (κ1) is 28.5. The first-order chi connectivity index (χ1) is 20.0. The van der Waals surface area contributed by atoms with Gasteiger partial charge < -0.3 is 20.2 Å². The van der Waals surface area contributed by atoms with Crippen molar-refractivity contribution >= 4 is 46.1 Å². The number of nitrogens with zero attached hydrogens (tertiary/aromatic N) is 5. The van der Waals surface area contributed by atoms with Gasteiger partial charge >= 0.3 is 6.09 Å². The van der Waals surface area contributed by atoms with Crippen LogP contribution in [0.25, 0.3) is 10.9 Å². The summed E-state index contributed by atoms with van der Waals surface area (Å²) < 4.78 is 0. The summed E-state index contributed by atoms with van der Waals surface area (Å²) in [5.41, 5.74) is 3.88. The summed E-state index contributed by atoms with van der Waals surface area (Å²) >= 11 is 0. The molecular formula is C31H32N6O5. The van der Waals surface area contributed by atoms with E-state index in [9.17, 15) is 29.5 Å². The minimum absolute atomic E-state index is 0.141. The van der Waals surface area contributed by atoms with E-state index in [1.807, 2.05) is 30.5 Å². The predicted octanol–water partition coefficient (Wildman–Crippen LogP) is 3.76. The molecule has 0 spiro atoms. The molecule has 2 N–H and O–H groups in total. The molecule has 0 bridgehead atoms. The van der Waals surface area contributed by atoms with Gasteiger partial charge in [0.05, 0.1) is 41.1 Å². The summed E-state index contributed by atoms with van der Waals surface area (Å²) in [6, 6.07) is 11.5. The average Bonchev–Trinajstić information content (AvgIpc) is 3.83. The van der Waals surface area contributed by atoms with Crippen LogP contribution in [0.15, 0.2) is 48.7 Å². The number of rotatable bonds is 6. The minimum atomic E-state index is -1.29. The van der Waals surface area contributed by atoms with Gasteiger partial charge in [-0.2, -0.15) is 5.26 Å². The molecule has 4 amide bonds. The van der Waals surface area contributed by atoms with Crippen LogP contribution in [0.5, 0.6) is 0 Å². The van der Waals surface area contributed by atoms with Crippen molar-refractivity contribution in [1.82, 2.24) is 15.2 Å². The van der Waals surface area contributed by atoms with Gasteiger partial charge in [-0.15, -0.1) is 0 Å². The highest BCUT2D eigenvalue weighted by molar-refractivity contribution is 6.09. The Morgan fingerprint density at radius 2 is 1.90 bits per heavy atom. The number of likely N-dealkylation sites (N-methyl/N-ethyl adjacent to an activating group) is 1. The maximum atomic E-state index is 14.5. The second-order valence-corrected chi connectivity index (χ2v) is 10.9. The fourth-order valence-corrected chi connectivity index (χ4v) is 5.59. The number of amides is 4. The first-order valence-corrected chi connectivity index (χ1v) is 13.8. The van der Waals surface area contributed by atoms with E-state index in [0.717, 1.165) is 39.8 Å². The Balaban J connectivity index is 1.66. The Morgan fingerprint density at radius 1 is 1.19 bits per heavy atom. The standard InChI is InChI=1S/C31H32N6O5/c1-17-28(34-29(39)18(2)35(4)31(41)42)30(40)36(26-12-9-20(14-32)13-27(26)37(17)19(3)38)16-24-22-7-5-6-8-25(22)33-15-23(24)21-10-11-21/h5-9,12-13,15,17-18,21,28H,10-11,16H2,1-4H3,(H,34,39)(H,41,42)/t17-,18-,28-/m0/s1. The molecule has 1 aliphatic heterocycles. The molecule has 1 saturated carbocycles. The molecular weight excluding hydrogens is 536 g/mol. The van der Waals surface area contributed by atoms with Crippen LogP contribution in [0.1, 0.15) is 56.2 Å². The van der Waals surface area contributed by atoms with Crippen molar-refractivity contribution < 1.29 is 24.3 Å². The molecule has 11 heteroatoms. The van der Waals surface area contributed by atoms with Crippen LogP contribution in [0.3, 0.4) is 0 Å². The van der Waals surface area contributed by atoms with Crippen LogP contribution in [0, 0.1) is 11.3 Å². The first-order valence-electron chi connectivity index (χ1n) is 13.8.